The number of ether oxygens (including phenoxy) is 1. The zero-order valence-corrected chi connectivity index (χ0v) is 18.6. The van der Waals surface area contributed by atoms with Crippen molar-refractivity contribution >= 4 is 43.9 Å². The van der Waals surface area contributed by atoms with Gasteiger partial charge in [-0.15, -0.1) is 0 Å². The third kappa shape index (κ3) is 2.63. The first-order chi connectivity index (χ1) is 16.8. The van der Waals surface area contributed by atoms with Crippen LogP contribution >= 0.6 is 0 Å². The third-order valence-electron chi connectivity index (χ3n) is 6.65. The Morgan fingerprint density at radius 2 is 1.41 bits per heavy atom. The minimum absolute atomic E-state index is 0.843. The summed E-state index contributed by atoms with van der Waals surface area (Å²) >= 11 is 0. The van der Waals surface area contributed by atoms with Crippen LogP contribution < -0.4 is 4.74 Å². The van der Waals surface area contributed by atoms with E-state index in [4.69, 9.17) is 9.72 Å². The number of aromatic amines is 1. The van der Waals surface area contributed by atoms with E-state index in [-0.39, 0.29) is 0 Å². The van der Waals surface area contributed by atoms with Gasteiger partial charge in [-0.1, -0.05) is 66.7 Å². The Balaban J connectivity index is 1.74. The van der Waals surface area contributed by atoms with E-state index in [1.54, 1.807) is 7.11 Å². The van der Waals surface area contributed by atoms with E-state index in [1.807, 2.05) is 18.2 Å². The molecule has 3 aromatic heterocycles. The number of benzene rings is 4. The van der Waals surface area contributed by atoms with Crippen molar-refractivity contribution in [1.29, 1.82) is 0 Å². The van der Waals surface area contributed by atoms with Crippen LogP contribution in [0, 0.1) is 0 Å². The second-order valence-electron chi connectivity index (χ2n) is 8.50. The number of aromatic nitrogens is 3. The van der Waals surface area contributed by atoms with Crippen molar-refractivity contribution in [3.63, 3.8) is 0 Å². The van der Waals surface area contributed by atoms with Gasteiger partial charge in [0.1, 0.15) is 17.0 Å². The maximum atomic E-state index is 5.44. The van der Waals surface area contributed by atoms with Crippen LogP contribution in [0.4, 0.5) is 0 Å². The number of methoxy groups -OCH3 is 1. The van der Waals surface area contributed by atoms with Gasteiger partial charge in [0.05, 0.1) is 12.6 Å². The summed E-state index contributed by atoms with van der Waals surface area (Å²) in [6.45, 7) is 0. The molecule has 1 N–H and O–H groups in total. The number of rotatable bonds is 3. The van der Waals surface area contributed by atoms with E-state index < -0.39 is 0 Å². The average molecular weight is 440 g/mol. The molecule has 0 fully saturated rings. The SMILES string of the molecule is COc1ccc(-c2c3c(nc4c2c2ccccc2n4-c2ccccc2)[nH]c2ccccc23)cc1. The van der Waals surface area contributed by atoms with Crippen molar-refractivity contribution in [1.82, 2.24) is 14.5 Å². The highest BCUT2D eigenvalue weighted by molar-refractivity contribution is 6.25. The Hall–Kier alpha value is -4.57. The third-order valence-corrected chi connectivity index (χ3v) is 6.65. The highest BCUT2D eigenvalue weighted by atomic mass is 16.5. The molecule has 0 saturated carbocycles. The van der Waals surface area contributed by atoms with Gasteiger partial charge in [0.2, 0.25) is 0 Å². The molecule has 7 aromatic rings. The van der Waals surface area contributed by atoms with Gasteiger partial charge in [-0.3, -0.25) is 4.57 Å². The Morgan fingerprint density at radius 1 is 0.706 bits per heavy atom. The topological polar surface area (TPSA) is 42.8 Å². The Kier molecular flexibility index (Phi) is 4.02. The predicted molar refractivity (Wildman–Crippen MR) is 140 cm³/mol. The van der Waals surface area contributed by atoms with Gasteiger partial charge >= 0.3 is 0 Å². The summed E-state index contributed by atoms with van der Waals surface area (Å²) < 4.78 is 7.71. The van der Waals surface area contributed by atoms with E-state index in [2.05, 4.69) is 94.5 Å². The maximum absolute atomic E-state index is 5.44. The first kappa shape index (κ1) is 18.9. The van der Waals surface area contributed by atoms with Crippen molar-refractivity contribution in [2.75, 3.05) is 7.11 Å². The maximum Gasteiger partial charge on any atom is 0.148 e. The van der Waals surface area contributed by atoms with Crippen LogP contribution in [0.5, 0.6) is 5.75 Å². The molecule has 0 amide bonds. The van der Waals surface area contributed by atoms with Gasteiger partial charge in [-0.25, -0.2) is 4.98 Å². The van der Waals surface area contributed by atoms with Crippen LogP contribution in [0.3, 0.4) is 0 Å². The molecular weight excluding hydrogens is 418 g/mol. The summed E-state index contributed by atoms with van der Waals surface area (Å²) in [4.78, 5) is 8.81. The molecule has 0 unspecified atom stereocenters. The molecule has 0 aliphatic carbocycles. The van der Waals surface area contributed by atoms with E-state index >= 15 is 0 Å². The number of nitrogens with zero attached hydrogens (tertiary/aromatic N) is 2. The van der Waals surface area contributed by atoms with Crippen molar-refractivity contribution in [2.24, 2.45) is 0 Å². The summed E-state index contributed by atoms with van der Waals surface area (Å²) in [5.41, 5.74) is 7.48. The normalized spacial score (nSPS) is 11.7. The number of pyridine rings is 1. The molecule has 4 aromatic carbocycles. The molecule has 162 valence electrons. The first-order valence-electron chi connectivity index (χ1n) is 11.4. The fourth-order valence-corrected chi connectivity index (χ4v) is 5.16. The Labute approximate surface area is 196 Å². The minimum Gasteiger partial charge on any atom is -0.497 e. The van der Waals surface area contributed by atoms with Crippen LogP contribution in [0.15, 0.2) is 103 Å². The molecule has 0 aliphatic rings. The highest BCUT2D eigenvalue weighted by Crippen LogP contribution is 2.43. The van der Waals surface area contributed by atoms with Gasteiger partial charge in [0, 0.05) is 38.3 Å². The van der Waals surface area contributed by atoms with Gasteiger partial charge in [-0.05, 0) is 42.0 Å². The minimum atomic E-state index is 0.843. The fourth-order valence-electron chi connectivity index (χ4n) is 5.16. The number of nitrogens with one attached hydrogen (secondary N) is 1. The number of hydrogen-bond acceptors (Lipinski definition) is 2. The molecule has 3 heterocycles. The van der Waals surface area contributed by atoms with E-state index in [9.17, 15) is 0 Å². The van der Waals surface area contributed by atoms with Gasteiger partial charge in [0.15, 0.2) is 0 Å². The van der Waals surface area contributed by atoms with Crippen LogP contribution in [-0.4, -0.2) is 21.6 Å². The summed E-state index contributed by atoms with van der Waals surface area (Å²) in [5.74, 6) is 0.843. The molecule has 0 bridgehead atoms. The highest BCUT2D eigenvalue weighted by Gasteiger charge is 2.22. The smallest absolute Gasteiger partial charge is 0.148 e. The zero-order valence-electron chi connectivity index (χ0n) is 18.6. The fraction of sp³-hybridized carbons (Fsp3) is 0.0333. The van der Waals surface area contributed by atoms with Gasteiger partial charge in [0.25, 0.3) is 0 Å². The molecule has 4 nitrogen and oxygen atoms in total. The first-order valence-corrected chi connectivity index (χ1v) is 11.4. The molecule has 0 atom stereocenters. The molecule has 0 aliphatic heterocycles. The quantitative estimate of drug-likeness (QED) is 0.310. The molecule has 0 spiro atoms. The predicted octanol–water partition coefficient (Wildman–Crippen LogP) is 7.49. The van der Waals surface area contributed by atoms with Crippen LogP contribution in [0.25, 0.3) is 60.7 Å². The number of para-hydroxylation sites is 3. The molecule has 34 heavy (non-hydrogen) atoms. The molecule has 0 radical (unpaired) electrons. The van der Waals surface area contributed by atoms with Gasteiger partial charge < -0.3 is 9.72 Å². The Bertz CT molecular complexity index is 1830. The lowest BCUT2D eigenvalue weighted by molar-refractivity contribution is 0.415. The second kappa shape index (κ2) is 7.22. The van der Waals surface area contributed by atoms with Crippen LogP contribution in [0.1, 0.15) is 0 Å². The number of H-pyrrole nitrogens is 1. The summed E-state index contributed by atoms with van der Waals surface area (Å²) in [7, 11) is 1.70. The largest absolute Gasteiger partial charge is 0.497 e. The average Bonchev–Trinajstić information content (AvgIpc) is 3.43. The summed E-state index contributed by atoms with van der Waals surface area (Å²) in [6.07, 6.45) is 0. The van der Waals surface area contributed by atoms with Crippen molar-refractivity contribution < 1.29 is 4.74 Å². The standard InChI is InChI=1S/C30H21N3O/c1-34-21-17-15-19(16-18-21)26-27-22-11-5-7-13-24(22)31-29(27)32-30-28(26)23-12-6-8-14-25(23)33(30)20-9-3-2-4-10-20/h2-18H,1H3,(H,31,32). The molecule has 4 heteroatoms. The van der Waals surface area contributed by atoms with Crippen molar-refractivity contribution in [3.8, 4) is 22.6 Å². The number of hydrogen-bond donors (Lipinski definition) is 1. The summed E-state index contributed by atoms with van der Waals surface area (Å²) in [5, 5.41) is 4.66. The van der Waals surface area contributed by atoms with E-state index in [0.717, 1.165) is 50.1 Å². The lowest BCUT2D eigenvalue weighted by atomic mass is 9.96. The zero-order chi connectivity index (χ0) is 22.6. The summed E-state index contributed by atoms with van der Waals surface area (Å²) in [6, 6.07) is 35.8. The monoisotopic (exact) mass is 439 g/mol. The lowest BCUT2D eigenvalue weighted by Gasteiger charge is -2.10. The lowest BCUT2D eigenvalue weighted by Crippen LogP contribution is -1.96. The van der Waals surface area contributed by atoms with Crippen LogP contribution in [-0.2, 0) is 0 Å². The molecule has 0 saturated heterocycles. The van der Waals surface area contributed by atoms with Crippen LogP contribution in [0.2, 0.25) is 0 Å². The molecular formula is C30H21N3O. The van der Waals surface area contributed by atoms with Crippen molar-refractivity contribution in [2.45, 2.75) is 0 Å². The van der Waals surface area contributed by atoms with E-state index in [1.165, 1.54) is 16.3 Å². The van der Waals surface area contributed by atoms with E-state index in [0.29, 0.717) is 0 Å². The number of fused-ring (bicyclic) bond motifs is 6. The van der Waals surface area contributed by atoms with Gasteiger partial charge in [-0.2, -0.15) is 0 Å². The molecule has 7 rings (SSSR count). The van der Waals surface area contributed by atoms with Crippen molar-refractivity contribution in [3.05, 3.63) is 103 Å². The second-order valence-corrected chi connectivity index (χ2v) is 8.50. The Morgan fingerprint density at radius 3 is 2.21 bits per heavy atom.